The number of nitrogens with one attached hydrogen (secondary N) is 3. The molecule has 0 radical (unpaired) electrons. The van der Waals surface area contributed by atoms with Gasteiger partial charge < -0.3 is 69.9 Å². The van der Waals surface area contributed by atoms with E-state index in [1.807, 2.05) is 37.3 Å². The van der Waals surface area contributed by atoms with Crippen molar-refractivity contribution in [3.8, 4) is 17.6 Å². The number of carbonyl (C=O) groups excluding carboxylic acids is 7. The predicted molar refractivity (Wildman–Crippen MR) is 329 cm³/mol. The fraction of sp³-hybridized carbons (Fsp3) is 0.397. The molecule has 4 heterocycles. The van der Waals surface area contributed by atoms with Gasteiger partial charge in [-0.2, -0.15) is 0 Å². The number of amides is 4. The minimum atomic E-state index is -2.03. The molecule has 3 aliphatic heterocycles. The molecule has 1 aromatic heterocycles. The lowest BCUT2D eigenvalue weighted by Gasteiger charge is -2.59. The highest BCUT2D eigenvalue weighted by molar-refractivity contribution is 7.11. The second kappa shape index (κ2) is 25.9. The molecular weight excluding hydrogens is 1220 g/mol. The highest BCUT2D eigenvalue weighted by atomic mass is 32.1. The first-order valence-corrected chi connectivity index (χ1v) is 31.3. The number of aliphatic carboxylic acids is 1. The lowest BCUT2D eigenvalue weighted by molar-refractivity contribution is -0.271. The molecule has 12 rings (SSSR count). The number of aliphatic hydroxyl groups is 5. The molecule has 3 saturated carbocycles. The average Bonchev–Trinajstić information content (AvgIpc) is 1.54. The molecule has 14 atom stereocenters. The van der Waals surface area contributed by atoms with E-state index in [1.165, 1.54) is 34.4 Å². The van der Waals surface area contributed by atoms with E-state index in [2.05, 4.69) is 39.7 Å². The third kappa shape index (κ3) is 12.3. The van der Waals surface area contributed by atoms with Crippen LogP contribution in [0.2, 0.25) is 0 Å². The van der Waals surface area contributed by atoms with E-state index in [0.717, 1.165) is 23.1 Å². The van der Waals surface area contributed by atoms with Crippen molar-refractivity contribution in [1.29, 1.82) is 0 Å². The number of nitrogens with zero attached hydrogens (tertiary/aromatic N) is 2. The van der Waals surface area contributed by atoms with E-state index in [0.29, 0.717) is 51.6 Å². The number of carbonyl (C=O) groups is 8. The summed E-state index contributed by atoms with van der Waals surface area (Å²) in [5.41, 5.74) is 1.74. The summed E-state index contributed by atoms with van der Waals surface area (Å²) in [4.78, 5) is 112. The molecule has 5 fully saturated rings. The van der Waals surface area contributed by atoms with Gasteiger partial charge in [-0.3, -0.25) is 34.1 Å². The molecule has 5 aromatic rings. The normalized spacial score (nSPS) is 29.5. The van der Waals surface area contributed by atoms with Gasteiger partial charge in [-0.1, -0.05) is 85.9 Å². The zero-order valence-corrected chi connectivity index (χ0v) is 51.2. The number of benzene rings is 4. The number of carboxylic acids is 1. The number of Topliss-reactive ketones (excluding diaryl/α,β-unsaturated/α-hetero) is 2. The number of anilines is 3. The summed E-state index contributed by atoms with van der Waals surface area (Å²) in [6.45, 7) is 2.57. The zero-order valence-electron chi connectivity index (χ0n) is 50.4. The summed E-state index contributed by atoms with van der Waals surface area (Å²) >= 11 is 1.31. The quantitative estimate of drug-likeness (QED) is 0.0326. The minimum Gasteiger partial charge on any atom is -0.479 e. The molecule has 24 nitrogen and oxygen atoms in total. The Hall–Kier alpha value is -8.81. The van der Waals surface area contributed by atoms with Crippen LogP contribution in [-0.4, -0.2) is 144 Å². The van der Waals surface area contributed by atoms with Crippen LogP contribution in [0.4, 0.5) is 21.9 Å². The molecule has 2 saturated heterocycles. The van der Waals surface area contributed by atoms with Crippen molar-refractivity contribution in [3.05, 3.63) is 159 Å². The van der Waals surface area contributed by atoms with E-state index < -0.39 is 133 Å². The van der Waals surface area contributed by atoms with Crippen LogP contribution < -0.4 is 25.6 Å². The van der Waals surface area contributed by atoms with Crippen LogP contribution in [0.15, 0.2) is 121 Å². The standard InChI is InChI=1S/C68H67N5O19S/c1-66-22-20-42(75)27-40(66)17-18-43-44-28-52-68(51(78)33-74,67(44,2)30-48(77)56(43)66)92-63(90-52)50-31-70-54(93-50)26-35-8-7-12-41(24-35)71-65(87)88-34-36-14-19-49(89-64-59(83)57(81)58(82)60(91-64)62(85)86)45(25-36)72-53(79)21-23-69-61(84)47(76)29-55(80)73-32-39-11-4-3-9-37(39)15-16-38-10-5-6-13-46(38)73/h3-14,19-20,22,24-25,27,31,43-44,48,52,56-60,63-64,74,77,81-83H,17-18,21,23,26,28-30,32-34H2,1-2H3,(H,69,84)(H,71,87)(H,72,79)(H,85,86)/t43-,44-,48-,52+,56+,57-,58-,59+,60-,63-,64+,66-,67-,68+/m0/s1. The third-order valence-electron chi connectivity index (χ3n) is 19.2. The number of aromatic nitrogens is 1. The maximum Gasteiger partial charge on any atom is 0.411 e. The van der Waals surface area contributed by atoms with Crippen LogP contribution in [0, 0.1) is 40.4 Å². The first-order valence-electron chi connectivity index (χ1n) is 30.5. The Morgan fingerprint density at radius 2 is 1.65 bits per heavy atom. The number of aliphatic hydroxyl groups excluding tert-OH is 5. The lowest BCUT2D eigenvalue weighted by atomic mass is 9.46. The molecule has 484 valence electrons. The summed E-state index contributed by atoms with van der Waals surface area (Å²) in [5.74, 6) is -0.187. The van der Waals surface area contributed by atoms with Gasteiger partial charge in [0.05, 0.1) is 46.4 Å². The topological polar surface area (TPSA) is 356 Å². The Labute approximate surface area is 536 Å². The molecule has 0 spiro atoms. The van der Waals surface area contributed by atoms with Gasteiger partial charge in [0.25, 0.3) is 5.91 Å². The Kier molecular flexibility index (Phi) is 17.9. The summed E-state index contributed by atoms with van der Waals surface area (Å²) in [7, 11) is 0. The lowest BCUT2D eigenvalue weighted by Crippen LogP contribution is -2.63. The second-order valence-electron chi connectivity index (χ2n) is 24.8. The van der Waals surface area contributed by atoms with Crippen molar-refractivity contribution in [2.45, 2.75) is 127 Å². The summed E-state index contributed by atoms with van der Waals surface area (Å²) in [6, 6.07) is 25.1. The van der Waals surface area contributed by atoms with Crippen LogP contribution in [0.1, 0.15) is 96.4 Å². The molecule has 4 aliphatic carbocycles. The zero-order chi connectivity index (χ0) is 65.7. The molecule has 0 bridgehead atoms. The number of carboxylic acid groups (broad SMARTS) is 1. The largest absolute Gasteiger partial charge is 0.479 e. The number of hydrogen-bond donors (Lipinski definition) is 9. The number of ether oxygens (including phenoxy) is 5. The highest BCUT2D eigenvalue weighted by Crippen LogP contribution is 2.70. The maximum atomic E-state index is 14.1. The van der Waals surface area contributed by atoms with Crippen molar-refractivity contribution in [3.63, 3.8) is 0 Å². The SMILES string of the molecule is C[C@]12C=CC(=O)C=C1CC[C@@H]1[C@@H]2[C@@H](O)C[C@@]2(C)[C@H]1C[C@H]1O[C@H](c3cnc(Cc4cccc(NC(=O)OCc5ccc(O[C@@H]6O[C@H](C(=O)O)[C@@H](O)[C@H](O)[C@H]6O)c(NC(=O)CCNC(=O)C(=O)CC(=O)N6Cc7ccccc7C#Cc7ccccc76)c5)c4)s3)O[C@]12C(=O)CO. The van der Waals surface area contributed by atoms with Gasteiger partial charge >= 0.3 is 12.1 Å². The Morgan fingerprint density at radius 3 is 2.44 bits per heavy atom. The Balaban J connectivity index is 0.669. The Morgan fingerprint density at radius 1 is 0.871 bits per heavy atom. The van der Waals surface area contributed by atoms with Gasteiger partial charge in [-0.05, 0) is 109 Å². The van der Waals surface area contributed by atoms with Gasteiger partial charge in [0.15, 0.2) is 29.6 Å². The monoisotopic (exact) mass is 1290 g/mol. The minimum absolute atomic E-state index is 0.00316. The number of allylic oxidation sites excluding steroid dienone is 4. The smallest absolute Gasteiger partial charge is 0.411 e. The number of rotatable bonds is 18. The van der Waals surface area contributed by atoms with Crippen molar-refractivity contribution in [1.82, 2.24) is 10.3 Å². The van der Waals surface area contributed by atoms with Gasteiger partial charge in [0, 0.05) is 59.1 Å². The molecule has 7 aliphatic rings. The van der Waals surface area contributed by atoms with Gasteiger partial charge in [-0.15, -0.1) is 11.3 Å². The molecular formula is C68H67N5O19S. The van der Waals surface area contributed by atoms with Crippen molar-refractivity contribution in [2.75, 3.05) is 28.7 Å². The molecule has 93 heavy (non-hydrogen) atoms. The van der Waals surface area contributed by atoms with Crippen LogP contribution in [0.25, 0.3) is 0 Å². The van der Waals surface area contributed by atoms with E-state index in [9.17, 15) is 69.0 Å². The van der Waals surface area contributed by atoms with Crippen molar-refractivity contribution < 1.29 is 92.7 Å². The first kappa shape index (κ1) is 64.3. The maximum absolute atomic E-state index is 14.1. The molecule has 25 heteroatoms. The summed E-state index contributed by atoms with van der Waals surface area (Å²) in [5, 5.41) is 72.0. The van der Waals surface area contributed by atoms with E-state index >= 15 is 0 Å². The predicted octanol–water partition coefficient (Wildman–Crippen LogP) is 4.71. The van der Waals surface area contributed by atoms with Gasteiger partial charge in [0.1, 0.15) is 37.3 Å². The van der Waals surface area contributed by atoms with Gasteiger partial charge in [0.2, 0.25) is 23.9 Å². The van der Waals surface area contributed by atoms with E-state index in [4.69, 9.17) is 23.7 Å². The number of fused-ring (bicyclic) bond motifs is 9. The average molecular weight is 1290 g/mol. The molecule has 0 unspecified atom stereocenters. The summed E-state index contributed by atoms with van der Waals surface area (Å²) < 4.78 is 30.1. The highest BCUT2D eigenvalue weighted by Gasteiger charge is 2.76. The summed E-state index contributed by atoms with van der Waals surface area (Å²) in [6.07, 6.45) is -5.36. The van der Waals surface area contributed by atoms with Crippen LogP contribution in [0.5, 0.6) is 5.75 Å². The first-order chi connectivity index (χ1) is 44.6. The van der Waals surface area contributed by atoms with E-state index in [-0.39, 0.29) is 60.0 Å². The molecule has 4 aromatic carbocycles. The molecule has 9 N–H and O–H groups in total. The molecule has 4 amide bonds. The van der Waals surface area contributed by atoms with Gasteiger partial charge in [-0.25, -0.2) is 14.6 Å². The second-order valence-corrected chi connectivity index (χ2v) is 26.0. The number of hydrogen-bond acceptors (Lipinski definition) is 20. The van der Waals surface area contributed by atoms with E-state index in [1.54, 1.807) is 66.9 Å². The van der Waals surface area contributed by atoms with Crippen LogP contribution in [0.3, 0.4) is 0 Å². The Bertz CT molecular complexity index is 3990. The van der Waals surface area contributed by atoms with Crippen LogP contribution in [-0.2, 0) is 72.1 Å². The van der Waals surface area contributed by atoms with Crippen molar-refractivity contribution >= 4 is 75.5 Å². The number of thiazole rings is 1. The number of para-hydroxylation sites is 1. The fourth-order valence-corrected chi connectivity index (χ4v) is 15.7. The van der Waals surface area contributed by atoms with Crippen LogP contribution >= 0.6 is 11.3 Å². The fourth-order valence-electron chi connectivity index (χ4n) is 14.8. The third-order valence-corrected chi connectivity index (χ3v) is 20.3. The van der Waals surface area contributed by atoms with Crippen molar-refractivity contribution in [2.24, 2.45) is 28.6 Å². The number of ketones is 3.